The van der Waals surface area contributed by atoms with Gasteiger partial charge in [0, 0.05) is 0 Å². The van der Waals surface area contributed by atoms with E-state index in [9.17, 15) is 5.11 Å². The summed E-state index contributed by atoms with van der Waals surface area (Å²) in [5.41, 5.74) is 3.44. The quantitative estimate of drug-likeness (QED) is 0.422. The van der Waals surface area contributed by atoms with Crippen LogP contribution in [0, 0.1) is 56.7 Å². The van der Waals surface area contributed by atoms with E-state index in [1.165, 1.54) is 76.2 Å². The zero-order valence-corrected chi connectivity index (χ0v) is 23.1. The normalized spacial score (nSPS) is 55.2. The predicted octanol–water partition coefficient (Wildman–Crippen LogP) is 8.81. The second-order valence-corrected chi connectivity index (χ2v) is 15.2. The van der Waals surface area contributed by atoms with Crippen molar-refractivity contribution >= 4 is 0 Å². The number of allylic oxidation sites excluding steroid dienone is 1. The second-order valence-electron chi connectivity index (χ2n) is 15.2. The SMILES string of the molecule is C=C(C)[C@@H]1CC[C@]2(CCC)CC[C@]3(C)C(CCC4[C@@]5(C)CC[C@H](O)C(C)(C)C5CC[C@]43C)C12. The summed E-state index contributed by atoms with van der Waals surface area (Å²) in [6.07, 6.45) is 16.3. The molecular weight excluding hydrogens is 400 g/mol. The number of aliphatic hydroxyl groups excluding tert-OH is 1. The van der Waals surface area contributed by atoms with Crippen LogP contribution in [0.25, 0.3) is 0 Å². The number of hydrogen-bond acceptors (Lipinski definition) is 1. The summed E-state index contributed by atoms with van der Waals surface area (Å²) >= 11 is 0. The van der Waals surface area contributed by atoms with E-state index >= 15 is 0 Å². The molecule has 0 bridgehead atoms. The third-order valence-electron chi connectivity index (χ3n) is 14.0. The summed E-state index contributed by atoms with van der Waals surface area (Å²) in [5, 5.41) is 10.9. The van der Waals surface area contributed by atoms with Gasteiger partial charge in [0.2, 0.25) is 0 Å². The van der Waals surface area contributed by atoms with Crippen LogP contribution >= 0.6 is 0 Å². The van der Waals surface area contributed by atoms with Crippen molar-refractivity contribution < 1.29 is 5.11 Å². The fourth-order valence-corrected chi connectivity index (χ4v) is 12.2. The summed E-state index contributed by atoms with van der Waals surface area (Å²) in [4.78, 5) is 0. The monoisotopic (exact) mass is 454 g/mol. The van der Waals surface area contributed by atoms with Gasteiger partial charge in [-0.3, -0.25) is 0 Å². The molecule has 0 aromatic carbocycles. The van der Waals surface area contributed by atoms with E-state index in [1.807, 2.05) is 0 Å². The molecule has 0 aliphatic heterocycles. The highest BCUT2D eigenvalue weighted by atomic mass is 16.3. The van der Waals surface area contributed by atoms with Crippen molar-refractivity contribution in [2.45, 2.75) is 132 Å². The molecule has 1 N–H and O–H groups in total. The van der Waals surface area contributed by atoms with Gasteiger partial charge in [0.05, 0.1) is 6.10 Å². The van der Waals surface area contributed by atoms with Crippen molar-refractivity contribution in [3.8, 4) is 0 Å². The van der Waals surface area contributed by atoms with Crippen LogP contribution in [-0.2, 0) is 0 Å². The van der Waals surface area contributed by atoms with Gasteiger partial charge in [-0.1, -0.05) is 60.1 Å². The maximum Gasteiger partial charge on any atom is 0.0594 e. The fourth-order valence-electron chi connectivity index (χ4n) is 12.2. The summed E-state index contributed by atoms with van der Waals surface area (Å²) in [6, 6.07) is 0. The zero-order chi connectivity index (χ0) is 24.0. The van der Waals surface area contributed by atoms with Crippen LogP contribution in [0.2, 0.25) is 0 Å². The Morgan fingerprint density at radius 3 is 2.21 bits per heavy atom. The lowest BCUT2D eigenvalue weighted by Crippen LogP contribution is -2.66. The minimum Gasteiger partial charge on any atom is -0.393 e. The molecule has 5 fully saturated rings. The lowest BCUT2D eigenvalue weighted by Gasteiger charge is -2.73. The van der Waals surface area contributed by atoms with Gasteiger partial charge in [-0.2, -0.15) is 0 Å². The Kier molecular flexibility index (Phi) is 5.62. The molecule has 33 heavy (non-hydrogen) atoms. The first-order valence-corrected chi connectivity index (χ1v) is 14.7. The lowest BCUT2D eigenvalue weighted by atomic mass is 9.32. The van der Waals surface area contributed by atoms with Crippen LogP contribution in [0.5, 0.6) is 0 Å². The molecule has 5 rings (SSSR count). The Morgan fingerprint density at radius 2 is 1.55 bits per heavy atom. The van der Waals surface area contributed by atoms with Gasteiger partial charge in [0.15, 0.2) is 0 Å². The van der Waals surface area contributed by atoms with E-state index < -0.39 is 0 Å². The Morgan fingerprint density at radius 1 is 0.818 bits per heavy atom. The van der Waals surface area contributed by atoms with E-state index in [4.69, 9.17) is 0 Å². The third-order valence-corrected chi connectivity index (χ3v) is 14.0. The van der Waals surface area contributed by atoms with E-state index in [-0.39, 0.29) is 11.5 Å². The topological polar surface area (TPSA) is 20.2 Å². The highest BCUT2D eigenvalue weighted by molar-refractivity contribution is 5.21. The average molecular weight is 455 g/mol. The molecule has 0 radical (unpaired) electrons. The fraction of sp³-hybridized carbons (Fsp3) is 0.938. The maximum atomic E-state index is 10.9. The maximum absolute atomic E-state index is 10.9. The number of fused-ring (bicyclic) bond motifs is 7. The van der Waals surface area contributed by atoms with E-state index in [2.05, 4.69) is 55.0 Å². The van der Waals surface area contributed by atoms with Crippen molar-refractivity contribution in [2.75, 3.05) is 0 Å². The van der Waals surface area contributed by atoms with Crippen molar-refractivity contribution in [3.63, 3.8) is 0 Å². The van der Waals surface area contributed by atoms with Gasteiger partial charge >= 0.3 is 0 Å². The number of rotatable bonds is 3. The smallest absolute Gasteiger partial charge is 0.0594 e. The highest BCUT2D eigenvalue weighted by Crippen LogP contribution is 2.77. The summed E-state index contributed by atoms with van der Waals surface area (Å²) < 4.78 is 0. The molecule has 1 heteroatoms. The molecular formula is C32H54O. The highest BCUT2D eigenvalue weighted by Gasteiger charge is 2.70. The van der Waals surface area contributed by atoms with Gasteiger partial charge in [-0.15, -0.1) is 0 Å². The minimum absolute atomic E-state index is 0.0609. The van der Waals surface area contributed by atoms with Crippen LogP contribution in [0.4, 0.5) is 0 Å². The van der Waals surface area contributed by atoms with Gasteiger partial charge in [-0.25, -0.2) is 0 Å². The van der Waals surface area contributed by atoms with Crippen LogP contribution in [0.1, 0.15) is 126 Å². The van der Waals surface area contributed by atoms with Crippen molar-refractivity contribution in [2.24, 2.45) is 56.7 Å². The Labute approximate surface area is 205 Å². The minimum atomic E-state index is -0.119. The zero-order valence-electron chi connectivity index (χ0n) is 23.1. The first-order chi connectivity index (χ1) is 15.4. The molecule has 0 amide bonds. The molecule has 10 atom stereocenters. The number of hydrogen-bond donors (Lipinski definition) is 1. The first kappa shape index (κ1) is 24.4. The van der Waals surface area contributed by atoms with Gasteiger partial charge in [0.1, 0.15) is 0 Å². The molecule has 5 saturated carbocycles. The van der Waals surface area contributed by atoms with E-state index in [1.54, 1.807) is 0 Å². The molecule has 0 heterocycles. The van der Waals surface area contributed by atoms with Crippen LogP contribution in [-0.4, -0.2) is 11.2 Å². The third kappa shape index (κ3) is 2.99. The molecule has 188 valence electrons. The molecule has 0 aromatic rings. The summed E-state index contributed by atoms with van der Waals surface area (Å²) in [6.45, 7) is 22.2. The Hall–Kier alpha value is -0.300. The lowest BCUT2D eigenvalue weighted by molar-refractivity contribution is -0.248. The van der Waals surface area contributed by atoms with Gasteiger partial charge < -0.3 is 5.11 Å². The summed E-state index contributed by atoms with van der Waals surface area (Å²) in [5.74, 6) is 4.01. The largest absolute Gasteiger partial charge is 0.393 e. The molecule has 0 spiro atoms. The molecule has 5 aliphatic rings. The van der Waals surface area contributed by atoms with Crippen molar-refractivity contribution in [3.05, 3.63) is 12.2 Å². The molecule has 0 aromatic heterocycles. The first-order valence-electron chi connectivity index (χ1n) is 14.7. The van der Waals surface area contributed by atoms with Crippen molar-refractivity contribution in [1.82, 2.24) is 0 Å². The Bertz CT molecular complexity index is 796. The van der Waals surface area contributed by atoms with E-state index in [0.717, 1.165) is 30.1 Å². The molecule has 5 aliphatic carbocycles. The van der Waals surface area contributed by atoms with Crippen LogP contribution < -0.4 is 0 Å². The number of aliphatic hydroxyl groups is 1. The second kappa shape index (κ2) is 7.60. The van der Waals surface area contributed by atoms with Crippen LogP contribution in [0.3, 0.4) is 0 Å². The molecule has 1 nitrogen and oxygen atoms in total. The summed E-state index contributed by atoms with van der Waals surface area (Å²) in [7, 11) is 0. The Balaban J connectivity index is 1.54. The average Bonchev–Trinajstić information content (AvgIpc) is 3.12. The van der Waals surface area contributed by atoms with E-state index in [0.29, 0.717) is 27.6 Å². The van der Waals surface area contributed by atoms with Crippen LogP contribution in [0.15, 0.2) is 12.2 Å². The standard InChI is InChI=1S/C32H54O/c1-9-15-32-18-12-22(21(2)3)27(32)23-10-11-25-29(6)16-14-26(33)28(4,5)24(29)13-17-31(25,8)30(23,7)19-20-32/h22-27,33H,2,9-20H2,1,3-8H3/t22-,23?,24?,25?,26-,27?,29-,30+,31+,32+/m0/s1. The van der Waals surface area contributed by atoms with Crippen molar-refractivity contribution in [1.29, 1.82) is 0 Å². The predicted molar refractivity (Wildman–Crippen MR) is 140 cm³/mol. The molecule has 0 saturated heterocycles. The molecule has 4 unspecified atom stereocenters. The van der Waals surface area contributed by atoms with Gasteiger partial charge in [0.25, 0.3) is 0 Å². The van der Waals surface area contributed by atoms with Gasteiger partial charge in [-0.05, 0) is 134 Å².